The quantitative estimate of drug-likeness (QED) is 0.484. The van der Waals surface area contributed by atoms with E-state index in [1.165, 1.54) is 12.4 Å². The molecule has 0 amide bonds. The first-order valence-electron chi connectivity index (χ1n) is 5.41. The molecule has 0 aliphatic carbocycles. The second-order valence-corrected chi connectivity index (χ2v) is 3.88. The van der Waals surface area contributed by atoms with Gasteiger partial charge in [0, 0.05) is 31.0 Å². The van der Waals surface area contributed by atoms with Crippen molar-refractivity contribution in [2.24, 2.45) is 0 Å². The molecule has 18 heavy (non-hydrogen) atoms. The van der Waals surface area contributed by atoms with Gasteiger partial charge in [0.2, 0.25) is 0 Å². The Labute approximate surface area is 102 Å². The second-order valence-electron chi connectivity index (χ2n) is 3.88. The molecular formula is C10H12FN5O2. The van der Waals surface area contributed by atoms with Gasteiger partial charge in [0.15, 0.2) is 5.82 Å². The summed E-state index contributed by atoms with van der Waals surface area (Å²) < 4.78 is 12.6. The molecule has 0 bridgehead atoms. The Morgan fingerprint density at radius 3 is 2.89 bits per heavy atom. The summed E-state index contributed by atoms with van der Waals surface area (Å²) in [5, 5.41) is 13.4. The molecule has 0 aromatic carbocycles. The molecule has 1 N–H and O–H groups in total. The zero-order valence-electron chi connectivity index (χ0n) is 9.71. The van der Waals surface area contributed by atoms with E-state index >= 15 is 0 Å². The van der Waals surface area contributed by atoms with Crippen LogP contribution in [0.5, 0.6) is 0 Å². The van der Waals surface area contributed by atoms with Crippen LogP contribution in [0.15, 0.2) is 24.4 Å². The normalized spacial score (nSPS) is 18.8. The average molecular weight is 253 g/mol. The zero-order valence-corrected chi connectivity index (χ0v) is 9.71. The molecule has 2 heterocycles. The van der Waals surface area contributed by atoms with Crippen molar-refractivity contribution >= 4 is 0 Å². The summed E-state index contributed by atoms with van der Waals surface area (Å²) in [5.74, 6) is 0.442. The first kappa shape index (κ1) is 12.2. The van der Waals surface area contributed by atoms with Crippen LogP contribution in [0.3, 0.4) is 0 Å². The topological polar surface area (TPSA) is 84.2 Å². The minimum atomic E-state index is -0.786. The van der Waals surface area contributed by atoms with Crippen molar-refractivity contribution in [2.75, 3.05) is 13.1 Å². The molecule has 0 radical (unpaired) electrons. The molecule has 2 rings (SSSR count). The predicted molar refractivity (Wildman–Crippen MR) is 60.2 cm³/mol. The lowest BCUT2D eigenvalue weighted by molar-refractivity contribution is -0.404. The molecule has 1 aliphatic rings. The van der Waals surface area contributed by atoms with Gasteiger partial charge >= 0.3 is 6.08 Å². The predicted octanol–water partition coefficient (Wildman–Crippen LogP) is 0.657. The molecule has 1 aromatic heterocycles. The summed E-state index contributed by atoms with van der Waals surface area (Å²) in [5.41, 5.74) is 0.703. The molecule has 1 aromatic rings. The van der Waals surface area contributed by atoms with Crippen LogP contribution in [0.2, 0.25) is 0 Å². The lowest BCUT2D eigenvalue weighted by Crippen LogP contribution is -2.25. The third-order valence-corrected chi connectivity index (χ3v) is 2.79. The van der Waals surface area contributed by atoms with Gasteiger partial charge < -0.3 is 10.2 Å². The van der Waals surface area contributed by atoms with Gasteiger partial charge in [0.05, 0.1) is 11.0 Å². The van der Waals surface area contributed by atoms with Crippen LogP contribution in [-0.4, -0.2) is 32.9 Å². The largest absolute Gasteiger partial charge is 0.365 e. The molecule has 1 saturated heterocycles. The second kappa shape index (κ2) is 4.94. The molecule has 96 valence electrons. The van der Waals surface area contributed by atoms with Crippen LogP contribution in [-0.2, 0) is 0 Å². The lowest BCUT2D eigenvalue weighted by Gasteiger charge is -2.25. The van der Waals surface area contributed by atoms with Gasteiger partial charge in [-0.05, 0) is 6.92 Å². The summed E-state index contributed by atoms with van der Waals surface area (Å²) in [6, 6.07) is -0.160. The SMILES string of the molecule is CC(c1cnc(F)nc1)N1CCNC1=C[N+](=O)[O-]. The first-order chi connectivity index (χ1) is 8.58. The Hall–Kier alpha value is -2.25. The minimum Gasteiger partial charge on any atom is -0.365 e. The van der Waals surface area contributed by atoms with Crippen molar-refractivity contribution < 1.29 is 9.31 Å². The summed E-state index contributed by atoms with van der Waals surface area (Å²) in [6.07, 6.45) is 2.91. The number of hydrogen-bond donors (Lipinski definition) is 1. The Morgan fingerprint density at radius 1 is 1.61 bits per heavy atom. The van der Waals surface area contributed by atoms with E-state index < -0.39 is 11.0 Å². The fraction of sp³-hybridized carbons (Fsp3) is 0.400. The summed E-state index contributed by atoms with van der Waals surface area (Å²) in [7, 11) is 0. The highest BCUT2D eigenvalue weighted by molar-refractivity contribution is 5.14. The molecule has 0 saturated carbocycles. The Balaban J connectivity index is 2.20. The van der Waals surface area contributed by atoms with Crippen LogP contribution in [0.25, 0.3) is 0 Å². The molecule has 1 atom stereocenters. The Morgan fingerprint density at radius 2 is 2.28 bits per heavy atom. The highest BCUT2D eigenvalue weighted by atomic mass is 19.1. The van der Waals surface area contributed by atoms with E-state index in [9.17, 15) is 14.5 Å². The van der Waals surface area contributed by atoms with Gasteiger partial charge in [-0.1, -0.05) is 0 Å². The number of aromatic nitrogens is 2. The molecular weight excluding hydrogens is 241 g/mol. The maximum Gasteiger partial charge on any atom is 0.308 e. The Bertz CT molecular complexity index is 476. The third-order valence-electron chi connectivity index (χ3n) is 2.79. The van der Waals surface area contributed by atoms with E-state index in [1.807, 2.05) is 11.8 Å². The highest BCUT2D eigenvalue weighted by Gasteiger charge is 2.25. The zero-order chi connectivity index (χ0) is 13.1. The van der Waals surface area contributed by atoms with Crippen molar-refractivity contribution in [3.05, 3.63) is 46.2 Å². The monoisotopic (exact) mass is 253 g/mol. The molecule has 0 spiro atoms. The summed E-state index contributed by atoms with van der Waals surface area (Å²) in [4.78, 5) is 18.8. The number of nitrogens with one attached hydrogen (secondary N) is 1. The standard InChI is InChI=1S/C10H12FN5O2/c1-7(8-4-13-10(11)14-5-8)15-3-2-12-9(15)6-16(17)18/h4-7,12H,2-3H2,1H3. The lowest BCUT2D eigenvalue weighted by atomic mass is 10.1. The van der Waals surface area contributed by atoms with Crippen molar-refractivity contribution in [1.29, 1.82) is 0 Å². The van der Waals surface area contributed by atoms with E-state index in [0.29, 0.717) is 24.5 Å². The third kappa shape index (κ3) is 2.53. The fourth-order valence-electron chi connectivity index (χ4n) is 1.87. The number of halogens is 1. The molecule has 7 nitrogen and oxygen atoms in total. The number of rotatable bonds is 3. The van der Waals surface area contributed by atoms with Gasteiger partial charge in [-0.3, -0.25) is 10.1 Å². The van der Waals surface area contributed by atoms with Crippen LogP contribution in [0.4, 0.5) is 4.39 Å². The van der Waals surface area contributed by atoms with Gasteiger partial charge in [-0.15, -0.1) is 0 Å². The van der Waals surface area contributed by atoms with E-state index in [-0.39, 0.29) is 6.04 Å². The van der Waals surface area contributed by atoms with Crippen LogP contribution in [0, 0.1) is 16.2 Å². The van der Waals surface area contributed by atoms with E-state index in [4.69, 9.17) is 0 Å². The van der Waals surface area contributed by atoms with Crippen molar-refractivity contribution in [3.8, 4) is 0 Å². The number of nitro groups is 1. The molecule has 1 fully saturated rings. The van der Waals surface area contributed by atoms with Gasteiger partial charge in [0.1, 0.15) is 0 Å². The molecule has 1 aliphatic heterocycles. The van der Waals surface area contributed by atoms with E-state index in [0.717, 1.165) is 6.20 Å². The number of nitrogens with zero attached hydrogens (tertiary/aromatic N) is 4. The maximum atomic E-state index is 12.6. The fourth-order valence-corrected chi connectivity index (χ4v) is 1.87. The van der Waals surface area contributed by atoms with E-state index in [1.54, 1.807) is 0 Å². The summed E-state index contributed by atoms with van der Waals surface area (Å²) >= 11 is 0. The first-order valence-corrected chi connectivity index (χ1v) is 5.41. The van der Waals surface area contributed by atoms with Crippen molar-refractivity contribution in [3.63, 3.8) is 0 Å². The highest BCUT2D eigenvalue weighted by Crippen LogP contribution is 2.24. The van der Waals surface area contributed by atoms with Crippen molar-refractivity contribution in [2.45, 2.75) is 13.0 Å². The van der Waals surface area contributed by atoms with Gasteiger partial charge in [0.25, 0.3) is 6.20 Å². The Kier molecular flexibility index (Phi) is 3.35. The molecule has 1 unspecified atom stereocenters. The number of hydrogen-bond acceptors (Lipinski definition) is 6. The van der Waals surface area contributed by atoms with Gasteiger partial charge in [-0.2, -0.15) is 4.39 Å². The van der Waals surface area contributed by atoms with Gasteiger partial charge in [-0.25, -0.2) is 9.97 Å². The molecule has 8 heteroatoms. The maximum absolute atomic E-state index is 12.6. The minimum absolute atomic E-state index is 0.160. The summed E-state index contributed by atoms with van der Waals surface area (Å²) in [6.45, 7) is 3.13. The van der Waals surface area contributed by atoms with Crippen LogP contribution >= 0.6 is 0 Å². The average Bonchev–Trinajstić information content (AvgIpc) is 2.76. The van der Waals surface area contributed by atoms with Crippen LogP contribution in [0.1, 0.15) is 18.5 Å². The van der Waals surface area contributed by atoms with Crippen molar-refractivity contribution in [1.82, 2.24) is 20.2 Å². The van der Waals surface area contributed by atoms with Crippen LogP contribution < -0.4 is 5.32 Å². The van der Waals surface area contributed by atoms with E-state index in [2.05, 4.69) is 15.3 Å². The smallest absolute Gasteiger partial charge is 0.308 e.